The fourth-order valence-electron chi connectivity index (χ4n) is 10.1. The number of nitrogens with zero attached hydrogens (tertiary/aromatic N) is 2. The van der Waals surface area contributed by atoms with E-state index in [1.807, 2.05) is 18.2 Å². The van der Waals surface area contributed by atoms with Crippen LogP contribution in [0.1, 0.15) is 25.0 Å². The molecule has 11 aromatic rings. The second kappa shape index (κ2) is 13.7. The van der Waals surface area contributed by atoms with Crippen molar-refractivity contribution >= 4 is 43.1 Å². The average molecular weight is 777 g/mol. The lowest BCUT2D eigenvalue weighted by Gasteiger charge is -2.23. The Morgan fingerprint density at radius 2 is 0.836 bits per heavy atom. The maximum absolute atomic E-state index is 5.26. The van der Waals surface area contributed by atoms with Crippen molar-refractivity contribution in [3.8, 4) is 67.3 Å². The predicted octanol–water partition coefficient (Wildman–Crippen LogP) is 15.7. The molecule has 0 aliphatic heterocycles. The molecule has 1 aromatic heterocycles. The molecular weight excluding hydrogens is 737 g/mol. The third-order valence-corrected chi connectivity index (χ3v) is 13.1. The van der Waals surface area contributed by atoms with Gasteiger partial charge in [0.1, 0.15) is 0 Å². The summed E-state index contributed by atoms with van der Waals surface area (Å²) >= 11 is 0. The largest absolute Gasteiger partial charge is 0.228 e. The highest BCUT2D eigenvalue weighted by molar-refractivity contribution is 6.12. The summed E-state index contributed by atoms with van der Waals surface area (Å²) in [5, 5.41) is 9.86. The van der Waals surface area contributed by atoms with E-state index in [4.69, 9.17) is 9.97 Å². The van der Waals surface area contributed by atoms with E-state index in [9.17, 15) is 0 Å². The zero-order valence-electron chi connectivity index (χ0n) is 34.0. The SMILES string of the molecule is CC1(C)c2ccc(-c3ccc(-c4ccc(-c5cc(-c6ccc7ccccc7c6)nc(-c6ccccc6)n5)c5ccccc45)c4ccccc34)cc2-c2ccc3ccccc3c21. The first-order valence-electron chi connectivity index (χ1n) is 21.1. The van der Waals surface area contributed by atoms with Crippen molar-refractivity contribution < 1.29 is 0 Å². The Morgan fingerprint density at radius 3 is 1.57 bits per heavy atom. The highest BCUT2D eigenvalue weighted by Crippen LogP contribution is 2.52. The van der Waals surface area contributed by atoms with Crippen LogP contribution < -0.4 is 0 Å². The molecule has 0 amide bonds. The van der Waals surface area contributed by atoms with Crippen LogP contribution in [-0.4, -0.2) is 9.97 Å². The van der Waals surface area contributed by atoms with Gasteiger partial charge in [0.2, 0.25) is 0 Å². The Bertz CT molecular complexity index is 3560. The van der Waals surface area contributed by atoms with Crippen LogP contribution >= 0.6 is 0 Å². The highest BCUT2D eigenvalue weighted by atomic mass is 14.9. The van der Waals surface area contributed by atoms with Gasteiger partial charge in [0, 0.05) is 22.1 Å². The molecule has 61 heavy (non-hydrogen) atoms. The summed E-state index contributed by atoms with van der Waals surface area (Å²) in [5.41, 5.74) is 15.2. The normalized spacial score (nSPS) is 12.9. The lowest BCUT2D eigenvalue weighted by atomic mass is 9.80. The van der Waals surface area contributed by atoms with Crippen LogP contribution in [0.3, 0.4) is 0 Å². The van der Waals surface area contributed by atoms with E-state index in [2.05, 4.69) is 202 Å². The Labute approximate surface area is 355 Å². The van der Waals surface area contributed by atoms with Gasteiger partial charge in [-0.05, 0) is 106 Å². The molecule has 0 spiro atoms. The molecule has 2 heteroatoms. The number of hydrogen-bond donors (Lipinski definition) is 0. The summed E-state index contributed by atoms with van der Waals surface area (Å²) in [6.45, 7) is 4.75. The van der Waals surface area contributed by atoms with Gasteiger partial charge in [-0.25, -0.2) is 9.97 Å². The van der Waals surface area contributed by atoms with Gasteiger partial charge in [0.05, 0.1) is 11.4 Å². The van der Waals surface area contributed by atoms with E-state index in [0.717, 1.165) is 33.5 Å². The Morgan fingerprint density at radius 1 is 0.311 bits per heavy atom. The molecule has 12 rings (SSSR count). The number of rotatable bonds is 5. The number of fused-ring (bicyclic) bond motifs is 8. The van der Waals surface area contributed by atoms with Gasteiger partial charge in [-0.15, -0.1) is 0 Å². The molecule has 286 valence electrons. The Hall–Kier alpha value is -7.68. The molecule has 1 aliphatic rings. The molecule has 0 bridgehead atoms. The number of benzene rings is 10. The van der Waals surface area contributed by atoms with E-state index in [-0.39, 0.29) is 5.41 Å². The van der Waals surface area contributed by atoms with Crippen LogP contribution in [-0.2, 0) is 5.41 Å². The van der Waals surface area contributed by atoms with Crippen molar-refractivity contribution in [2.24, 2.45) is 0 Å². The summed E-state index contributed by atoms with van der Waals surface area (Å²) in [6.07, 6.45) is 0. The van der Waals surface area contributed by atoms with Crippen molar-refractivity contribution in [1.29, 1.82) is 0 Å². The Balaban J connectivity index is 0.997. The molecule has 0 saturated heterocycles. The van der Waals surface area contributed by atoms with Crippen LogP contribution in [0.4, 0.5) is 0 Å². The quantitative estimate of drug-likeness (QED) is 0.174. The maximum atomic E-state index is 5.26. The zero-order valence-corrected chi connectivity index (χ0v) is 34.0. The highest BCUT2D eigenvalue weighted by Gasteiger charge is 2.37. The molecule has 0 radical (unpaired) electrons. The van der Waals surface area contributed by atoms with Gasteiger partial charge in [0.15, 0.2) is 5.82 Å². The van der Waals surface area contributed by atoms with Crippen LogP contribution in [0.25, 0.3) is 110 Å². The minimum absolute atomic E-state index is 0.0872. The second-order valence-corrected chi connectivity index (χ2v) is 16.9. The molecule has 1 aliphatic carbocycles. The molecular formula is C59H40N2. The molecule has 0 saturated carbocycles. The summed E-state index contributed by atoms with van der Waals surface area (Å²) < 4.78 is 0. The summed E-state index contributed by atoms with van der Waals surface area (Å²) in [6, 6.07) is 74.9. The van der Waals surface area contributed by atoms with Crippen molar-refractivity contribution in [3.63, 3.8) is 0 Å². The van der Waals surface area contributed by atoms with Crippen molar-refractivity contribution in [2.45, 2.75) is 19.3 Å². The third-order valence-electron chi connectivity index (χ3n) is 13.1. The topological polar surface area (TPSA) is 25.8 Å². The minimum atomic E-state index is -0.0872. The average Bonchev–Trinajstić information content (AvgIpc) is 3.56. The standard InChI is InChI=1S/C59H40N2/c1-59(2)54-33-27-41(35-53(54)52-28-26-38-15-8-9-19-44(38)57(52)59)43-29-30-49(46-21-11-10-20-45(43)46)50-31-32-51(48-23-13-12-22-47(48)50)56-36-55(60-58(61-56)39-16-4-3-5-17-39)42-25-24-37-14-6-7-18-40(37)34-42/h3-36H,1-2H3. The lowest BCUT2D eigenvalue weighted by Crippen LogP contribution is -2.15. The lowest BCUT2D eigenvalue weighted by molar-refractivity contribution is 0.666. The molecule has 10 aromatic carbocycles. The first-order valence-corrected chi connectivity index (χ1v) is 21.1. The Kier molecular flexibility index (Phi) is 7.92. The van der Waals surface area contributed by atoms with Gasteiger partial charge < -0.3 is 0 Å². The van der Waals surface area contributed by atoms with Gasteiger partial charge in [-0.3, -0.25) is 0 Å². The van der Waals surface area contributed by atoms with Gasteiger partial charge in [0.25, 0.3) is 0 Å². The van der Waals surface area contributed by atoms with Crippen molar-refractivity contribution in [2.75, 3.05) is 0 Å². The van der Waals surface area contributed by atoms with E-state index >= 15 is 0 Å². The van der Waals surface area contributed by atoms with Gasteiger partial charge >= 0.3 is 0 Å². The smallest absolute Gasteiger partial charge is 0.160 e. The second-order valence-electron chi connectivity index (χ2n) is 16.9. The molecule has 0 unspecified atom stereocenters. The van der Waals surface area contributed by atoms with Crippen LogP contribution in [0.15, 0.2) is 206 Å². The molecule has 0 N–H and O–H groups in total. The molecule has 0 atom stereocenters. The minimum Gasteiger partial charge on any atom is -0.228 e. The van der Waals surface area contributed by atoms with Gasteiger partial charge in [-0.2, -0.15) is 0 Å². The number of aromatic nitrogens is 2. The van der Waals surface area contributed by atoms with Crippen molar-refractivity contribution in [3.05, 3.63) is 217 Å². The maximum Gasteiger partial charge on any atom is 0.160 e. The molecule has 0 fully saturated rings. The fourth-order valence-corrected chi connectivity index (χ4v) is 10.1. The third kappa shape index (κ3) is 5.64. The first-order chi connectivity index (χ1) is 30.0. The number of hydrogen-bond acceptors (Lipinski definition) is 2. The monoisotopic (exact) mass is 776 g/mol. The first kappa shape index (κ1) is 35.3. The van der Waals surface area contributed by atoms with Crippen molar-refractivity contribution in [1.82, 2.24) is 9.97 Å². The van der Waals surface area contributed by atoms with E-state index in [1.165, 1.54) is 82.2 Å². The fraction of sp³-hybridized carbons (Fsp3) is 0.0508. The van der Waals surface area contributed by atoms with Gasteiger partial charge in [-0.1, -0.05) is 202 Å². The van der Waals surface area contributed by atoms with Crippen LogP contribution in [0.2, 0.25) is 0 Å². The van der Waals surface area contributed by atoms with Crippen LogP contribution in [0, 0.1) is 0 Å². The predicted molar refractivity (Wildman–Crippen MR) is 257 cm³/mol. The summed E-state index contributed by atoms with van der Waals surface area (Å²) in [7, 11) is 0. The summed E-state index contributed by atoms with van der Waals surface area (Å²) in [5.74, 6) is 0.711. The molecule has 2 nitrogen and oxygen atoms in total. The van der Waals surface area contributed by atoms with Crippen LogP contribution in [0.5, 0.6) is 0 Å². The van der Waals surface area contributed by atoms with E-state index in [1.54, 1.807) is 0 Å². The van der Waals surface area contributed by atoms with E-state index in [0.29, 0.717) is 5.82 Å². The van der Waals surface area contributed by atoms with E-state index < -0.39 is 0 Å². The summed E-state index contributed by atoms with van der Waals surface area (Å²) in [4.78, 5) is 10.4. The molecule has 1 heterocycles. The zero-order chi connectivity index (χ0) is 40.7.